The topological polar surface area (TPSA) is 66.5 Å². The van der Waals surface area contributed by atoms with E-state index in [0.29, 0.717) is 24.3 Å². The number of benzene rings is 2. The molecule has 1 aliphatic heterocycles. The van der Waals surface area contributed by atoms with Crippen molar-refractivity contribution in [3.63, 3.8) is 0 Å². The number of carbonyl (C=O) groups is 1. The van der Waals surface area contributed by atoms with E-state index in [0.717, 1.165) is 17.7 Å². The summed E-state index contributed by atoms with van der Waals surface area (Å²) in [7, 11) is -3.45. The first-order valence-electron chi connectivity index (χ1n) is 8.06. The number of rotatable bonds is 5. The highest BCUT2D eigenvalue weighted by molar-refractivity contribution is 7.98. The van der Waals surface area contributed by atoms with Crippen LogP contribution in [-0.2, 0) is 10.0 Å². The fourth-order valence-electron chi connectivity index (χ4n) is 2.73. The fourth-order valence-corrected chi connectivity index (χ4v) is 4.66. The van der Waals surface area contributed by atoms with Gasteiger partial charge in [-0.3, -0.25) is 4.79 Å². The van der Waals surface area contributed by atoms with Crippen LogP contribution in [0.25, 0.3) is 0 Å². The predicted octanol–water partition coefficient (Wildman–Crippen LogP) is 3.45. The third kappa shape index (κ3) is 4.05. The standard InChI is InChI=1S/C18H20N2O3S2/c1-24-16-8-6-15(7-9-16)19-18(21)14-4-10-17(11-5-14)25(22,23)20-12-2-3-13-20/h4-11H,2-3,12-13H2,1H3,(H,19,21). The summed E-state index contributed by atoms with van der Waals surface area (Å²) in [5.41, 5.74) is 1.13. The van der Waals surface area contributed by atoms with Crippen LogP contribution in [0.4, 0.5) is 5.69 Å². The first-order valence-corrected chi connectivity index (χ1v) is 10.7. The van der Waals surface area contributed by atoms with Gasteiger partial charge in [0.1, 0.15) is 0 Å². The van der Waals surface area contributed by atoms with E-state index >= 15 is 0 Å². The number of nitrogens with one attached hydrogen (secondary N) is 1. The Morgan fingerprint density at radius 2 is 1.60 bits per heavy atom. The van der Waals surface area contributed by atoms with Crippen molar-refractivity contribution in [3.8, 4) is 0 Å². The highest BCUT2D eigenvalue weighted by Crippen LogP contribution is 2.22. The Bertz CT molecular complexity index is 841. The van der Waals surface area contributed by atoms with E-state index in [1.54, 1.807) is 23.9 Å². The number of thioether (sulfide) groups is 1. The molecule has 2 aromatic carbocycles. The maximum absolute atomic E-state index is 12.5. The molecule has 1 heterocycles. The molecule has 2 aromatic rings. The molecular formula is C18H20N2O3S2. The molecule has 132 valence electrons. The third-order valence-corrected chi connectivity index (χ3v) is 6.82. The molecule has 7 heteroatoms. The molecule has 0 radical (unpaired) electrons. The molecule has 0 aromatic heterocycles. The minimum Gasteiger partial charge on any atom is -0.322 e. The maximum atomic E-state index is 12.5. The quantitative estimate of drug-likeness (QED) is 0.812. The minimum atomic E-state index is -3.45. The molecule has 0 aliphatic carbocycles. The summed E-state index contributed by atoms with van der Waals surface area (Å²) in [6, 6.07) is 13.7. The molecular weight excluding hydrogens is 356 g/mol. The molecule has 0 unspecified atom stereocenters. The molecule has 3 rings (SSSR count). The van der Waals surface area contributed by atoms with Gasteiger partial charge in [0, 0.05) is 29.2 Å². The summed E-state index contributed by atoms with van der Waals surface area (Å²) in [5.74, 6) is -0.262. The van der Waals surface area contributed by atoms with Crippen LogP contribution in [0.5, 0.6) is 0 Å². The van der Waals surface area contributed by atoms with Gasteiger partial charge in [-0.2, -0.15) is 4.31 Å². The van der Waals surface area contributed by atoms with Crippen LogP contribution in [0.1, 0.15) is 23.2 Å². The van der Waals surface area contributed by atoms with Crippen molar-refractivity contribution in [3.05, 3.63) is 54.1 Å². The highest BCUT2D eigenvalue weighted by atomic mass is 32.2. The van der Waals surface area contributed by atoms with Crippen molar-refractivity contribution in [1.82, 2.24) is 4.31 Å². The molecule has 1 N–H and O–H groups in total. The molecule has 25 heavy (non-hydrogen) atoms. The second-order valence-electron chi connectivity index (χ2n) is 5.82. The van der Waals surface area contributed by atoms with Gasteiger partial charge < -0.3 is 5.32 Å². The van der Waals surface area contributed by atoms with Crippen molar-refractivity contribution in [1.29, 1.82) is 0 Å². The van der Waals surface area contributed by atoms with Gasteiger partial charge in [0.2, 0.25) is 10.0 Å². The van der Waals surface area contributed by atoms with Crippen LogP contribution in [0.3, 0.4) is 0 Å². The molecule has 1 aliphatic rings. The molecule has 5 nitrogen and oxygen atoms in total. The van der Waals surface area contributed by atoms with E-state index in [4.69, 9.17) is 0 Å². The molecule has 0 saturated carbocycles. The molecule has 0 bridgehead atoms. The summed E-state index contributed by atoms with van der Waals surface area (Å²) in [6.07, 6.45) is 3.79. The Hall–Kier alpha value is -1.83. The predicted molar refractivity (Wildman–Crippen MR) is 101 cm³/mol. The average Bonchev–Trinajstić information content (AvgIpc) is 3.18. The SMILES string of the molecule is CSc1ccc(NC(=O)c2ccc(S(=O)(=O)N3CCCC3)cc2)cc1. The zero-order chi connectivity index (χ0) is 17.9. The lowest BCUT2D eigenvalue weighted by atomic mass is 10.2. The lowest BCUT2D eigenvalue weighted by Gasteiger charge is -2.15. The van der Waals surface area contributed by atoms with Gasteiger partial charge in [-0.15, -0.1) is 11.8 Å². The van der Waals surface area contributed by atoms with E-state index in [9.17, 15) is 13.2 Å². The number of nitrogens with zero attached hydrogens (tertiary/aromatic N) is 1. The zero-order valence-electron chi connectivity index (χ0n) is 13.9. The Kier molecular flexibility index (Phi) is 5.46. The Balaban J connectivity index is 1.71. The van der Waals surface area contributed by atoms with Crippen molar-refractivity contribution in [2.24, 2.45) is 0 Å². The number of anilines is 1. The molecule has 1 saturated heterocycles. The summed E-state index contributed by atoms with van der Waals surface area (Å²) >= 11 is 1.63. The lowest BCUT2D eigenvalue weighted by Crippen LogP contribution is -2.27. The lowest BCUT2D eigenvalue weighted by molar-refractivity contribution is 0.102. The smallest absolute Gasteiger partial charge is 0.255 e. The van der Waals surface area contributed by atoms with Crippen LogP contribution in [-0.4, -0.2) is 38.0 Å². The van der Waals surface area contributed by atoms with Crippen molar-refractivity contribution in [2.45, 2.75) is 22.6 Å². The monoisotopic (exact) mass is 376 g/mol. The van der Waals surface area contributed by atoms with Crippen molar-refractivity contribution >= 4 is 33.4 Å². The van der Waals surface area contributed by atoms with Crippen LogP contribution in [0, 0.1) is 0 Å². The van der Waals surface area contributed by atoms with Gasteiger partial charge in [0.15, 0.2) is 0 Å². The van der Waals surface area contributed by atoms with Crippen LogP contribution in [0.15, 0.2) is 58.3 Å². The van der Waals surface area contributed by atoms with Crippen molar-refractivity contribution < 1.29 is 13.2 Å². The number of sulfonamides is 1. The number of amides is 1. The van der Waals surface area contributed by atoms with E-state index < -0.39 is 10.0 Å². The summed E-state index contributed by atoms with van der Waals surface area (Å²) in [5, 5.41) is 2.81. The number of hydrogen-bond donors (Lipinski definition) is 1. The fraction of sp³-hybridized carbons (Fsp3) is 0.278. The Morgan fingerprint density at radius 1 is 1.00 bits per heavy atom. The first-order chi connectivity index (χ1) is 12.0. The van der Waals surface area contributed by atoms with E-state index in [1.165, 1.54) is 16.4 Å². The zero-order valence-corrected chi connectivity index (χ0v) is 15.6. The van der Waals surface area contributed by atoms with Crippen LogP contribution >= 0.6 is 11.8 Å². The van der Waals surface area contributed by atoms with E-state index in [-0.39, 0.29) is 10.8 Å². The third-order valence-electron chi connectivity index (χ3n) is 4.17. The summed E-state index contributed by atoms with van der Waals surface area (Å²) < 4.78 is 26.5. The van der Waals surface area contributed by atoms with Gasteiger partial charge in [0.25, 0.3) is 5.91 Å². The first kappa shape index (κ1) is 18.0. The molecule has 0 spiro atoms. The van der Waals surface area contributed by atoms with Gasteiger partial charge in [-0.1, -0.05) is 0 Å². The van der Waals surface area contributed by atoms with Crippen LogP contribution < -0.4 is 5.32 Å². The van der Waals surface area contributed by atoms with Crippen LogP contribution in [0.2, 0.25) is 0 Å². The van der Waals surface area contributed by atoms with E-state index in [1.807, 2.05) is 30.5 Å². The largest absolute Gasteiger partial charge is 0.322 e. The van der Waals surface area contributed by atoms with Gasteiger partial charge in [-0.25, -0.2) is 8.42 Å². The van der Waals surface area contributed by atoms with Gasteiger partial charge in [-0.05, 0) is 67.6 Å². The summed E-state index contributed by atoms with van der Waals surface area (Å²) in [4.78, 5) is 13.7. The summed E-state index contributed by atoms with van der Waals surface area (Å²) in [6.45, 7) is 1.13. The minimum absolute atomic E-state index is 0.232. The van der Waals surface area contributed by atoms with Gasteiger partial charge >= 0.3 is 0 Å². The second-order valence-corrected chi connectivity index (χ2v) is 8.64. The molecule has 1 amide bonds. The molecule has 0 atom stereocenters. The highest BCUT2D eigenvalue weighted by Gasteiger charge is 2.27. The Morgan fingerprint density at radius 3 is 2.16 bits per heavy atom. The number of carbonyl (C=O) groups excluding carboxylic acids is 1. The number of hydrogen-bond acceptors (Lipinski definition) is 4. The van der Waals surface area contributed by atoms with E-state index in [2.05, 4.69) is 5.32 Å². The van der Waals surface area contributed by atoms with Crippen molar-refractivity contribution in [2.75, 3.05) is 24.7 Å². The normalized spacial score (nSPS) is 15.2. The van der Waals surface area contributed by atoms with Gasteiger partial charge in [0.05, 0.1) is 4.90 Å². The Labute approximate surface area is 152 Å². The average molecular weight is 377 g/mol. The maximum Gasteiger partial charge on any atom is 0.255 e. The second kappa shape index (κ2) is 7.59. The molecule has 1 fully saturated rings.